The highest BCUT2D eigenvalue weighted by Crippen LogP contribution is 2.23. The SMILES string of the molecule is CC(C)COC(=O)Nc1ccc(-c2ccc(NC(=O)OCC(C)C)cc2)cc1. The van der Waals surface area contributed by atoms with Crippen molar-refractivity contribution in [1.29, 1.82) is 0 Å². The van der Waals surface area contributed by atoms with E-state index in [1.807, 2.05) is 76.2 Å². The fraction of sp³-hybridized carbons (Fsp3) is 0.364. The zero-order valence-corrected chi connectivity index (χ0v) is 16.8. The fourth-order valence-electron chi connectivity index (χ4n) is 2.28. The summed E-state index contributed by atoms with van der Waals surface area (Å²) in [6.07, 6.45) is -0.914. The van der Waals surface area contributed by atoms with Crippen LogP contribution < -0.4 is 10.6 Å². The van der Waals surface area contributed by atoms with E-state index in [0.717, 1.165) is 11.1 Å². The van der Waals surface area contributed by atoms with Gasteiger partial charge in [0.2, 0.25) is 0 Å². The summed E-state index contributed by atoms with van der Waals surface area (Å²) >= 11 is 0. The Morgan fingerprint density at radius 1 is 0.679 bits per heavy atom. The van der Waals surface area contributed by atoms with Gasteiger partial charge in [-0.05, 0) is 47.2 Å². The molecule has 0 heterocycles. The Morgan fingerprint density at radius 2 is 1.00 bits per heavy atom. The van der Waals surface area contributed by atoms with Gasteiger partial charge in [0, 0.05) is 11.4 Å². The van der Waals surface area contributed by atoms with Gasteiger partial charge >= 0.3 is 12.2 Å². The number of benzene rings is 2. The second-order valence-electron chi connectivity index (χ2n) is 7.39. The molecule has 150 valence electrons. The smallest absolute Gasteiger partial charge is 0.411 e. The van der Waals surface area contributed by atoms with Crippen LogP contribution in [0.4, 0.5) is 21.0 Å². The predicted octanol–water partition coefficient (Wildman–Crippen LogP) is 5.76. The molecule has 0 saturated heterocycles. The second-order valence-corrected chi connectivity index (χ2v) is 7.39. The zero-order chi connectivity index (χ0) is 20.5. The van der Waals surface area contributed by atoms with Crippen molar-refractivity contribution in [2.24, 2.45) is 11.8 Å². The van der Waals surface area contributed by atoms with Gasteiger partial charge in [0.25, 0.3) is 0 Å². The maximum atomic E-state index is 11.7. The number of rotatable bonds is 7. The lowest BCUT2D eigenvalue weighted by atomic mass is 10.1. The fourth-order valence-corrected chi connectivity index (χ4v) is 2.28. The van der Waals surface area contributed by atoms with Crippen molar-refractivity contribution in [3.63, 3.8) is 0 Å². The third-order valence-corrected chi connectivity index (χ3v) is 3.69. The first-order chi connectivity index (χ1) is 13.3. The van der Waals surface area contributed by atoms with Gasteiger partial charge in [0.15, 0.2) is 0 Å². The highest BCUT2D eigenvalue weighted by atomic mass is 16.6. The summed E-state index contributed by atoms with van der Waals surface area (Å²) < 4.78 is 10.2. The molecule has 0 aromatic heterocycles. The molecule has 2 N–H and O–H groups in total. The number of nitrogens with one attached hydrogen (secondary N) is 2. The third kappa shape index (κ3) is 7.31. The van der Waals surface area contributed by atoms with Gasteiger partial charge in [-0.25, -0.2) is 9.59 Å². The van der Waals surface area contributed by atoms with Crippen LogP contribution in [0.5, 0.6) is 0 Å². The van der Waals surface area contributed by atoms with Crippen molar-refractivity contribution in [3.05, 3.63) is 48.5 Å². The normalized spacial score (nSPS) is 10.6. The standard InChI is InChI=1S/C22H28N2O4/c1-15(2)13-27-21(25)23-19-9-5-17(6-10-19)18-7-11-20(12-8-18)24-22(26)28-14-16(3)4/h5-12,15-16H,13-14H2,1-4H3,(H,23,25)(H,24,26). The van der Waals surface area contributed by atoms with Gasteiger partial charge in [-0.2, -0.15) is 0 Å². The van der Waals surface area contributed by atoms with Crippen LogP contribution in [-0.2, 0) is 9.47 Å². The van der Waals surface area contributed by atoms with E-state index < -0.39 is 12.2 Å². The molecule has 0 radical (unpaired) electrons. The summed E-state index contributed by atoms with van der Waals surface area (Å²) in [6.45, 7) is 8.70. The quantitative estimate of drug-likeness (QED) is 0.636. The van der Waals surface area contributed by atoms with Crippen LogP contribution in [0.25, 0.3) is 11.1 Å². The predicted molar refractivity (Wildman–Crippen MR) is 111 cm³/mol. The molecule has 2 amide bonds. The van der Waals surface area contributed by atoms with Gasteiger partial charge in [0.05, 0.1) is 13.2 Å². The molecule has 0 aliphatic carbocycles. The Bertz CT molecular complexity index is 701. The minimum Gasteiger partial charge on any atom is -0.449 e. The van der Waals surface area contributed by atoms with Crippen LogP contribution in [0.3, 0.4) is 0 Å². The molecule has 0 bridgehead atoms. The van der Waals surface area contributed by atoms with Crippen LogP contribution >= 0.6 is 0 Å². The van der Waals surface area contributed by atoms with E-state index in [-0.39, 0.29) is 0 Å². The third-order valence-electron chi connectivity index (χ3n) is 3.69. The van der Waals surface area contributed by atoms with Crippen LogP contribution in [0.15, 0.2) is 48.5 Å². The molecule has 0 fully saturated rings. The van der Waals surface area contributed by atoms with Crippen molar-refractivity contribution < 1.29 is 19.1 Å². The maximum Gasteiger partial charge on any atom is 0.411 e. The number of ether oxygens (including phenoxy) is 2. The molecule has 2 aromatic rings. The van der Waals surface area contributed by atoms with Crippen LogP contribution in [-0.4, -0.2) is 25.4 Å². The Balaban J connectivity index is 1.91. The number of carbonyl (C=O) groups is 2. The molecule has 0 aliphatic heterocycles. The summed E-state index contributed by atoms with van der Waals surface area (Å²) in [7, 11) is 0. The zero-order valence-electron chi connectivity index (χ0n) is 16.8. The first-order valence-corrected chi connectivity index (χ1v) is 9.41. The van der Waals surface area contributed by atoms with Crippen molar-refractivity contribution in [3.8, 4) is 11.1 Å². The van der Waals surface area contributed by atoms with Gasteiger partial charge in [-0.3, -0.25) is 10.6 Å². The van der Waals surface area contributed by atoms with E-state index in [0.29, 0.717) is 36.4 Å². The molecule has 0 spiro atoms. The maximum absolute atomic E-state index is 11.7. The lowest BCUT2D eigenvalue weighted by Gasteiger charge is -2.10. The van der Waals surface area contributed by atoms with E-state index >= 15 is 0 Å². The van der Waals surface area contributed by atoms with Crippen LogP contribution in [0, 0.1) is 11.8 Å². The average Bonchev–Trinajstić information content (AvgIpc) is 2.66. The van der Waals surface area contributed by atoms with Crippen molar-refractivity contribution in [2.45, 2.75) is 27.7 Å². The van der Waals surface area contributed by atoms with Crippen molar-refractivity contribution in [1.82, 2.24) is 0 Å². The summed E-state index contributed by atoms with van der Waals surface area (Å²) in [5.74, 6) is 0.588. The average molecular weight is 384 g/mol. The van der Waals surface area contributed by atoms with Gasteiger partial charge in [-0.1, -0.05) is 52.0 Å². The summed E-state index contributed by atoms with van der Waals surface area (Å²) in [6, 6.07) is 14.9. The summed E-state index contributed by atoms with van der Waals surface area (Å²) in [4.78, 5) is 23.4. The largest absolute Gasteiger partial charge is 0.449 e. The summed E-state index contributed by atoms with van der Waals surface area (Å²) in [5, 5.41) is 5.41. The molecule has 2 aromatic carbocycles. The first kappa shape index (κ1) is 21.3. The topological polar surface area (TPSA) is 76.7 Å². The van der Waals surface area contributed by atoms with Gasteiger partial charge < -0.3 is 9.47 Å². The molecular weight excluding hydrogens is 356 g/mol. The number of hydrogen-bond donors (Lipinski definition) is 2. The number of amides is 2. The molecule has 0 atom stereocenters. The molecule has 0 unspecified atom stereocenters. The van der Waals surface area contributed by atoms with Gasteiger partial charge in [0.1, 0.15) is 0 Å². The molecule has 6 heteroatoms. The molecule has 6 nitrogen and oxygen atoms in total. The van der Waals surface area contributed by atoms with Gasteiger partial charge in [-0.15, -0.1) is 0 Å². The summed E-state index contributed by atoms with van der Waals surface area (Å²) in [5.41, 5.74) is 3.33. The Morgan fingerprint density at radius 3 is 1.29 bits per heavy atom. The molecule has 28 heavy (non-hydrogen) atoms. The number of anilines is 2. The molecular formula is C22H28N2O4. The minimum atomic E-state index is -0.457. The second kappa shape index (κ2) is 10.3. The van der Waals surface area contributed by atoms with E-state index in [4.69, 9.17) is 9.47 Å². The Hall–Kier alpha value is -3.02. The minimum absolute atomic E-state index is 0.294. The number of hydrogen-bond acceptors (Lipinski definition) is 4. The lowest BCUT2D eigenvalue weighted by Crippen LogP contribution is -2.16. The van der Waals surface area contributed by atoms with E-state index in [9.17, 15) is 9.59 Å². The Labute approximate surface area is 166 Å². The first-order valence-electron chi connectivity index (χ1n) is 9.41. The number of carbonyl (C=O) groups excluding carboxylic acids is 2. The molecule has 2 rings (SSSR count). The van der Waals surface area contributed by atoms with Crippen LogP contribution in [0.2, 0.25) is 0 Å². The highest BCUT2D eigenvalue weighted by molar-refractivity contribution is 5.86. The van der Waals surface area contributed by atoms with Crippen LogP contribution in [0.1, 0.15) is 27.7 Å². The van der Waals surface area contributed by atoms with Crippen molar-refractivity contribution >= 4 is 23.6 Å². The van der Waals surface area contributed by atoms with E-state index in [1.54, 1.807) is 0 Å². The Kier molecular flexibility index (Phi) is 7.87. The lowest BCUT2D eigenvalue weighted by molar-refractivity contribution is 0.147. The monoisotopic (exact) mass is 384 g/mol. The highest BCUT2D eigenvalue weighted by Gasteiger charge is 2.07. The molecule has 0 aliphatic rings. The van der Waals surface area contributed by atoms with E-state index in [2.05, 4.69) is 10.6 Å². The molecule has 0 saturated carbocycles. The van der Waals surface area contributed by atoms with Crippen molar-refractivity contribution in [2.75, 3.05) is 23.8 Å². The van der Waals surface area contributed by atoms with E-state index in [1.165, 1.54) is 0 Å².